The van der Waals surface area contributed by atoms with Gasteiger partial charge in [0.2, 0.25) is 10.0 Å². The molecule has 0 unspecified atom stereocenters. The Hall–Kier alpha value is -0.910. The fourth-order valence-electron chi connectivity index (χ4n) is 2.48. The van der Waals surface area contributed by atoms with Crippen molar-refractivity contribution in [1.82, 2.24) is 4.72 Å². The zero-order chi connectivity index (χ0) is 14.4. The van der Waals surface area contributed by atoms with Crippen molar-refractivity contribution in [1.29, 1.82) is 0 Å². The molecule has 1 aliphatic rings. The highest BCUT2D eigenvalue weighted by Crippen LogP contribution is 2.16. The first kappa shape index (κ1) is 15.5. The summed E-state index contributed by atoms with van der Waals surface area (Å²) in [6.45, 7) is 4.04. The lowest BCUT2D eigenvalue weighted by Gasteiger charge is -2.21. The molecule has 1 heterocycles. The molecule has 0 aliphatic carbocycles. The number of ether oxygens (including phenoxy) is 1. The molecule has 1 aromatic carbocycles. The van der Waals surface area contributed by atoms with E-state index in [1.165, 1.54) is 0 Å². The Morgan fingerprint density at radius 1 is 1.35 bits per heavy atom. The molecule has 112 valence electrons. The number of hydrogen-bond donors (Lipinski definition) is 1. The van der Waals surface area contributed by atoms with E-state index in [2.05, 4.69) is 4.72 Å². The van der Waals surface area contributed by atoms with Crippen LogP contribution < -0.4 is 4.72 Å². The molecule has 0 spiro atoms. The first-order valence-corrected chi connectivity index (χ1v) is 8.81. The predicted octanol–water partition coefficient (Wildman–Crippen LogP) is 2.23. The Morgan fingerprint density at radius 2 is 2.15 bits per heavy atom. The van der Waals surface area contributed by atoms with E-state index in [0.29, 0.717) is 12.5 Å². The van der Waals surface area contributed by atoms with Crippen molar-refractivity contribution < 1.29 is 13.2 Å². The van der Waals surface area contributed by atoms with Gasteiger partial charge in [0.15, 0.2) is 0 Å². The minimum Gasteiger partial charge on any atom is -0.381 e. The maximum absolute atomic E-state index is 12.1. The quantitative estimate of drug-likeness (QED) is 0.876. The summed E-state index contributed by atoms with van der Waals surface area (Å²) >= 11 is 0. The van der Waals surface area contributed by atoms with Gasteiger partial charge in [-0.1, -0.05) is 24.3 Å². The van der Waals surface area contributed by atoms with Gasteiger partial charge in [0.1, 0.15) is 0 Å². The van der Waals surface area contributed by atoms with Crippen molar-refractivity contribution in [2.75, 3.05) is 19.8 Å². The zero-order valence-electron chi connectivity index (χ0n) is 12.0. The Balaban J connectivity index is 1.80. The molecule has 2 rings (SSSR count). The molecule has 4 nitrogen and oxygen atoms in total. The number of hydrogen-bond acceptors (Lipinski definition) is 3. The van der Waals surface area contributed by atoms with Crippen LogP contribution in [0.3, 0.4) is 0 Å². The molecule has 1 aliphatic heterocycles. The molecule has 0 aromatic heterocycles. The van der Waals surface area contributed by atoms with Crippen molar-refractivity contribution in [3.63, 3.8) is 0 Å². The van der Waals surface area contributed by atoms with Gasteiger partial charge in [-0.05, 0) is 43.2 Å². The maximum atomic E-state index is 12.1. The molecule has 0 amide bonds. The van der Waals surface area contributed by atoms with Gasteiger partial charge in [0, 0.05) is 19.8 Å². The number of nitrogens with one attached hydrogen (secondary N) is 1. The Morgan fingerprint density at radius 3 is 2.85 bits per heavy atom. The van der Waals surface area contributed by atoms with E-state index in [1.54, 1.807) is 0 Å². The van der Waals surface area contributed by atoms with Crippen molar-refractivity contribution in [2.45, 2.75) is 31.9 Å². The van der Waals surface area contributed by atoms with E-state index in [4.69, 9.17) is 4.74 Å². The van der Waals surface area contributed by atoms with Crippen LogP contribution in [-0.4, -0.2) is 28.2 Å². The van der Waals surface area contributed by atoms with Crippen LogP contribution in [0.25, 0.3) is 0 Å². The third-order valence-electron chi connectivity index (χ3n) is 3.74. The average molecular weight is 297 g/mol. The molecule has 5 heteroatoms. The molecule has 20 heavy (non-hydrogen) atoms. The number of rotatable bonds is 6. The molecule has 1 atom stereocenters. The summed E-state index contributed by atoms with van der Waals surface area (Å²) in [4.78, 5) is 0. The fourth-order valence-corrected chi connectivity index (χ4v) is 3.75. The van der Waals surface area contributed by atoms with E-state index in [-0.39, 0.29) is 5.75 Å². The van der Waals surface area contributed by atoms with E-state index in [0.717, 1.165) is 43.6 Å². The molecule has 1 saturated heterocycles. The van der Waals surface area contributed by atoms with Gasteiger partial charge in [-0.2, -0.15) is 0 Å². The van der Waals surface area contributed by atoms with Crippen molar-refractivity contribution in [3.8, 4) is 0 Å². The van der Waals surface area contributed by atoms with Crippen LogP contribution >= 0.6 is 0 Å². The molecule has 1 aromatic rings. The molecular formula is C15H23NO3S. The summed E-state index contributed by atoms with van der Waals surface area (Å²) in [5.41, 5.74) is 1.87. The molecule has 1 N–H and O–H groups in total. The highest BCUT2D eigenvalue weighted by Gasteiger charge is 2.16. The van der Waals surface area contributed by atoms with Crippen molar-refractivity contribution >= 4 is 10.0 Å². The lowest BCUT2D eigenvalue weighted by atomic mass is 9.99. The maximum Gasteiger partial charge on any atom is 0.215 e. The minimum atomic E-state index is -3.25. The first-order chi connectivity index (χ1) is 9.57. The van der Waals surface area contributed by atoms with Crippen LogP contribution in [0.1, 0.15) is 30.4 Å². The average Bonchev–Trinajstić information content (AvgIpc) is 2.42. The summed E-state index contributed by atoms with van der Waals surface area (Å²) in [6, 6.07) is 7.59. The van der Waals surface area contributed by atoms with Crippen molar-refractivity contribution in [2.24, 2.45) is 5.92 Å². The molecule has 0 radical (unpaired) electrons. The summed E-state index contributed by atoms with van der Waals surface area (Å²) in [6.07, 6.45) is 3.08. The van der Waals surface area contributed by atoms with E-state index in [9.17, 15) is 8.42 Å². The van der Waals surface area contributed by atoms with Crippen LogP contribution in [0.4, 0.5) is 0 Å². The highest BCUT2D eigenvalue weighted by molar-refractivity contribution is 7.88. The topological polar surface area (TPSA) is 55.4 Å². The summed E-state index contributed by atoms with van der Waals surface area (Å²) in [5.74, 6) is 0.547. The van der Waals surface area contributed by atoms with Crippen LogP contribution in [0.2, 0.25) is 0 Å². The van der Waals surface area contributed by atoms with Gasteiger partial charge in [0.05, 0.1) is 5.75 Å². The molecule has 0 saturated carbocycles. The number of benzene rings is 1. The van der Waals surface area contributed by atoms with Crippen LogP contribution in [0.15, 0.2) is 24.3 Å². The largest absolute Gasteiger partial charge is 0.381 e. The second kappa shape index (κ2) is 7.20. The zero-order valence-corrected chi connectivity index (χ0v) is 12.8. The fraction of sp³-hybridized carbons (Fsp3) is 0.600. The van der Waals surface area contributed by atoms with Gasteiger partial charge >= 0.3 is 0 Å². The van der Waals surface area contributed by atoms with E-state index < -0.39 is 10.0 Å². The van der Waals surface area contributed by atoms with Gasteiger partial charge < -0.3 is 4.74 Å². The number of sulfonamides is 1. The lowest BCUT2D eigenvalue weighted by molar-refractivity contribution is 0.0523. The molecule has 0 bridgehead atoms. The monoisotopic (exact) mass is 297 g/mol. The van der Waals surface area contributed by atoms with Crippen LogP contribution in [0, 0.1) is 12.8 Å². The predicted molar refractivity (Wildman–Crippen MR) is 80.0 cm³/mol. The Bertz CT molecular complexity index is 522. The molecule has 1 fully saturated rings. The highest BCUT2D eigenvalue weighted by atomic mass is 32.2. The van der Waals surface area contributed by atoms with Gasteiger partial charge in [0.25, 0.3) is 0 Å². The minimum absolute atomic E-state index is 0.0564. The number of aryl methyl sites for hydroxylation is 1. The molecular weight excluding hydrogens is 274 g/mol. The van der Waals surface area contributed by atoms with Gasteiger partial charge in [-0.25, -0.2) is 13.1 Å². The SMILES string of the molecule is Cc1ccccc1CS(=O)(=O)NCC[C@H]1CCCOC1. The standard InChI is InChI=1S/C15H23NO3S/c1-13-5-2-3-7-15(13)12-20(17,18)16-9-8-14-6-4-10-19-11-14/h2-3,5,7,14,16H,4,6,8-12H2,1H3/t14-/m1/s1. The van der Waals surface area contributed by atoms with Gasteiger partial charge in [-0.15, -0.1) is 0 Å². The Kier molecular flexibility index (Phi) is 5.57. The third kappa shape index (κ3) is 4.89. The van der Waals surface area contributed by atoms with Crippen molar-refractivity contribution in [3.05, 3.63) is 35.4 Å². The van der Waals surface area contributed by atoms with Gasteiger partial charge in [-0.3, -0.25) is 0 Å². The summed E-state index contributed by atoms with van der Waals surface area (Å²) in [5, 5.41) is 0. The normalized spacial score (nSPS) is 19.9. The first-order valence-electron chi connectivity index (χ1n) is 7.16. The van der Waals surface area contributed by atoms with E-state index >= 15 is 0 Å². The Labute approximate surface area is 121 Å². The second-order valence-electron chi connectivity index (χ2n) is 5.45. The van der Waals surface area contributed by atoms with Crippen LogP contribution in [0.5, 0.6) is 0 Å². The van der Waals surface area contributed by atoms with E-state index in [1.807, 2.05) is 31.2 Å². The van der Waals surface area contributed by atoms with Crippen LogP contribution in [-0.2, 0) is 20.5 Å². The smallest absolute Gasteiger partial charge is 0.215 e. The summed E-state index contributed by atoms with van der Waals surface area (Å²) in [7, 11) is -3.25. The summed E-state index contributed by atoms with van der Waals surface area (Å²) < 4.78 is 32.2. The lowest BCUT2D eigenvalue weighted by Crippen LogP contribution is -2.29. The third-order valence-corrected chi connectivity index (χ3v) is 5.07. The second-order valence-corrected chi connectivity index (χ2v) is 7.26.